The van der Waals surface area contributed by atoms with Crippen LogP contribution in [0.1, 0.15) is 6.92 Å². The highest BCUT2D eigenvalue weighted by atomic mass is 32.2. The van der Waals surface area contributed by atoms with Gasteiger partial charge >= 0.3 is 0 Å². The van der Waals surface area contributed by atoms with E-state index in [4.69, 9.17) is 0 Å². The van der Waals surface area contributed by atoms with E-state index in [1.54, 1.807) is 49.4 Å². The lowest BCUT2D eigenvalue weighted by Crippen LogP contribution is -2.30. The van der Waals surface area contributed by atoms with E-state index in [9.17, 15) is 12.8 Å². The van der Waals surface area contributed by atoms with Crippen LogP contribution in [-0.4, -0.2) is 19.9 Å². The van der Waals surface area contributed by atoms with Gasteiger partial charge in [0.25, 0.3) is 10.0 Å². The first kappa shape index (κ1) is 17.9. The zero-order chi connectivity index (χ0) is 18.6. The van der Waals surface area contributed by atoms with E-state index in [-0.39, 0.29) is 10.7 Å². The number of benzene rings is 2. The molecule has 0 unspecified atom stereocenters. The number of hydrogen-bond donors (Lipinski definition) is 1. The van der Waals surface area contributed by atoms with Crippen molar-refractivity contribution < 1.29 is 12.8 Å². The average molecular weight is 371 g/mol. The largest absolute Gasteiger partial charge is 0.340 e. The minimum absolute atomic E-state index is 0.104. The highest BCUT2D eigenvalue weighted by molar-refractivity contribution is 7.92. The van der Waals surface area contributed by atoms with E-state index in [2.05, 4.69) is 10.3 Å². The summed E-state index contributed by atoms with van der Waals surface area (Å²) in [7, 11) is -3.71. The molecule has 3 rings (SSSR count). The van der Waals surface area contributed by atoms with Crippen molar-refractivity contribution in [2.45, 2.75) is 11.8 Å². The predicted octanol–water partition coefficient (Wildman–Crippen LogP) is 4.18. The molecule has 0 saturated heterocycles. The highest BCUT2D eigenvalue weighted by Gasteiger charge is 2.23. The third-order valence-corrected chi connectivity index (χ3v) is 5.66. The van der Waals surface area contributed by atoms with Gasteiger partial charge in [-0.2, -0.15) is 0 Å². The molecular formula is C19H18FN3O2S. The summed E-state index contributed by atoms with van der Waals surface area (Å²) in [6.45, 7) is 2.09. The Morgan fingerprint density at radius 1 is 1.00 bits per heavy atom. The number of nitrogens with one attached hydrogen (secondary N) is 1. The lowest BCUT2D eigenvalue weighted by Gasteiger charge is -2.22. The van der Waals surface area contributed by atoms with Crippen molar-refractivity contribution in [2.24, 2.45) is 0 Å². The summed E-state index contributed by atoms with van der Waals surface area (Å²) in [6.07, 6.45) is 1.31. The van der Waals surface area contributed by atoms with Gasteiger partial charge in [0.15, 0.2) is 0 Å². The minimum Gasteiger partial charge on any atom is -0.340 e. The Kier molecular flexibility index (Phi) is 5.18. The van der Waals surface area contributed by atoms with Crippen molar-refractivity contribution in [3.8, 4) is 0 Å². The van der Waals surface area contributed by atoms with Gasteiger partial charge < -0.3 is 5.32 Å². The quantitative estimate of drug-likeness (QED) is 0.706. The number of anilines is 3. The Morgan fingerprint density at radius 3 is 2.27 bits per heavy atom. The SMILES string of the molecule is CCN(c1ccccc1)S(=O)(=O)c1ccc(Nc2ccc(F)cc2)nc1. The van der Waals surface area contributed by atoms with Crippen LogP contribution < -0.4 is 9.62 Å². The molecule has 0 amide bonds. The summed E-state index contributed by atoms with van der Waals surface area (Å²) in [6, 6.07) is 17.8. The van der Waals surface area contributed by atoms with Gasteiger partial charge in [-0.1, -0.05) is 18.2 Å². The smallest absolute Gasteiger partial charge is 0.265 e. The van der Waals surface area contributed by atoms with Gasteiger partial charge in [0.2, 0.25) is 0 Å². The van der Waals surface area contributed by atoms with Crippen molar-refractivity contribution >= 4 is 27.2 Å². The van der Waals surface area contributed by atoms with Crippen LogP contribution in [0.15, 0.2) is 77.8 Å². The molecule has 26 heavy (non-hydrogen) atoms. The molecule has 0 saturated carbocycles. The lowest BCUT2D eigenvalue weighted by molar-refractivity contribution is 0.591. The minimum atomic E-state index is -3.71. The summed E-state index contributed by atoms with van der Waals surface area (Å²) < 4.78 is 40.1. The molecule has 134 valence electrons. The Bertz CT molecular complexity index is 960. The van der Waals surface area contributed by atoms with E-state index in [1.165, 1.54) is 28.7 Å². The molecule has 5 nitrogen and oxygen atoms in total. The van der Waals surface area contributed by atoms with Crippen molar-refractivity contribution in [1.82, 2.24) is 4.98 Å². The molecule has 1 aromatic heterocycles. The summed E-state index contributed by atoms with van der Waals surface area (Å²) in [4.78, 5) is 4.27. The third-order valence-electron chi connectivity index (χ3n) is 3.77. The summed E-state index contributed by atoms with van der Waals surface area (Å²) in [5.41, 5.74) is 1.26. The van der Waals surface area contributed by atoms with Gasteiger partial charge in [-0.25, -0.2) is 17.8 Å². The second-order valence-corrected chi connectivity index (χ2v) is 7.38. The number of nitrogens with zero attached hydrogens (tertiary/aromatic N) is 2. The maximum absolute atomic E-state index is 12.9. The summed E-state index contributed by atoms with van der Waals surface area (Å²) in [5, 5.41) is 3.00. The highest BCUT2D eigenvalue weighted by Crippen LogP contribution is 2.24. The fraction of sp³-hybridized carbons (Fsp3) is 0.105. The number of hydrogen-bond acceptors (Lipinski definition) is 4. The first-order chi connectivity index (χ1) is 12.5. The van der Waals surface area contributed by atoms with Gasteiger partial charge in [0.1, 0.15) is 16.5 Å². The molecule has 2 aromatic carbocycles. The molecule has 0 radical (unpaired) electrons. The zero-order valence-electron chi connectivity index (χ0n) is 14.1. The van der Waals surface area contributed by atoms with Crippen molar-refractivity contribution in [3.05, 3.63) is 78.7 Å². The maximum atomic E-state index is 12.9. The molecule has 0 bridgehead atoms. The lowest BCUT2D eigenvalue weighted by atomic mass is 10.3. The third kappa shape index (κ3) is 3.83. The molecule has 3 aromatic rings. The van der Waals surface area contributed by atoms with E-state index < -0.39 is 10.0 Å². The molecule has 1 N–H and O–H groups in total. The second-order valence-electron chi connectivity index (χ2n) is 5.52. The zero-order valence-corrected chi connectivity index (χ0v) is 14.9. The van der Waals surface area contributed by atoms with Crippen LogP contribution in [0.4, 0.5) is 21.6 Å². The first-order valence-electron chi connectivity index (χ1n) is 8.07. The number of sulfonamides is 1. The molecule has 0 aliphatic rings. The van der Waals surface area contributed by atoms with Gasteiger partial charge in [0, 0.05) is 18.4 Å². The molecule has 0 aliphatic carbocycles. The number of pyridine rings is 1. The van der Waals surface area contributed by atoms with Crippen LogP contribution in [0.5, 0.6) is 0 Å². The maximum Gasteiger partial charge on any atom is 0.265 e. The van der Waals surface area contributed by atoms with Crippen LogP contribution in [0, 0.1) is 5.82 Å². The molecule has 1 heterocycles. The Balaban J connectivity index is 1.83. The van der Waals surface area contributed by atoms with E-state index in [0.717, 1.165) is 0 Å². The second kappa shape index (κ2) is 7.53. The van der Waals surface area contributed by atoms with Crippen LogP contribution in [0.2, 0.25) is 0 Å². The Morgan fingerprint density at radius 2 is 1.69 bits per heavy atom. The Hall–Kier alpha value is -2.93. The molecule has 0 atom stereocenters. The first-order valence-corrected chi connectivity index (χ1v) is 9.51. The standard InChI is InChI=1S/C19H18FN3O2S/c1-2-23(17-6-4-3-5-7-17)26(24,25)18-12-13-19(21-14-18)22-16-10-8-15(20)9-11-16/h3-14H,2H2,1H3,(H,21,22). The molecule has 0 aliphatic heterocycles. The molecule has 0 spiro atoms. The topological polar surface area (TPSA) is 62.3 Å². The van der Waals surface area contributed by atoms with Crippen LogP contribution in [-0.2, 0) is 10.0 Å². The number of halogens is 1. The summed E-state index contributed by atoms with van der Waals surface area (Å²) >= 11 is 0. The van der Waals surface area contributed by atoms with Crippen LogP contribution in [0.3, 0.4) is 0 Å². The Labute approximate surface area is 152 Å². The van der Waals surface area contributed by atoms with Crippen molar-refractivity contribution in [1.29, 1.82) is 0 Å². The van der Waals surface area contributed by atoms with Gasteiger partial charge in [0.05, 0.1) is 5.69 Å². The number of aromatic nitrogens is 1. The average Bonchev–Trinajstić information content (AvgIpc) is 2.65. The van der Waals surface area contributed by atoms with Gasteiger partial charge in [-0.3, -0.25) is 4.31 Å². The monoisotopic (exact) mass is 371 g/mol. The molecular weight excluding hydrogens is 353 g/mol. The number of rotatable bonds is 6. The van der Waals surface area contributed by atoms with Gasteiger partial charge in [-0.15, -0.1) is 0 Å². The molecule has 7 heteroatoms. The predicted molar refractivity (Wildman–Crippen MR) is 101 cm³/mol. The van der Waals surface area contributed by atoms with Crippen molar-refractivity contribution in [3.63, 3.8) is 0 Å². The number of para-hydroxylation sites is 1. The van der Waals surface area contributed by atoms with E-state index >= 15 is 0 Å². The van der Waals surface area contributed by atoms with Crippen molar-refractivity contribution in [2.75, 3.05) is 16.2 Å². The fourth-order valence-electron chi connectivity index (χ4n) is 2.50. The molecule has 0 fully saturated rings. The van der Waals surface area contributed by atoms with E-state index in [1.807, 2.05) is 6.07 Å². The summed E-state index contributed by atoms with van der Waals surface area (Å²) in [5.74, 6) is 0.142. The van der Waals surface area contributed by atoms with Gasteiger partial charge in [-0.05, 0) is 55.5 Å². The van der Waals surface area contributed by atoms with E-state index in [0.29, 0.717) is 23.7 Å². The normalized spacial score (nSPS) is 11.2. The van der Waals surface area contributed by atoms with Crippen LogP contribution >= 0.6 is 0 Å². The fourth-order valence-corrected chi connectivity index (χ4v) is 3.92. The van der Waals surface area contributed by atoms with Crippen LogP contribution in [0.25, 0.3) is 0 Å².